The summed E-state index contributed by atoms with van der Waals surface area (Å²) in [4.78, 5) is 17.6. The van der Waals surface area contributed by atoms with Gasteiger partial charge in [0.1, 0.15) is 5.75 Å². The molecule has 27 heavy (non-hydrogen) atoms. The van der Waals surface area contributed by atoms with E-state index in [2.05, 4.69) is 15.5 Å². The Labute approximate surface area is 162 Å². The van der Waals surface area contributed by atoms with Gasteiger partial charge in [-0.2, -0.15) is 4.98 Å². The maximum Gasteiger partial charge on any atom is 0.251 e. The maximum atomic E-state index is 12.2. The van der Waals surface area contributed by atoms with Crippen LogP contribution in [0.1, 0.15) is 41.1 Å². The summed E-state index contributed by atoms with van der Waals surface area (Å²) in [5, 5.41) is 8.95. The van der Waals surface area contributed by atoms with Crippen molar-refractivity contribution in [3.8, 4) is 16.5 Å². The number of thiophene rings is 1. The van der Waals surface area contributed by atoms with Crippen LogP contribution in [-0.2, 0) is 6.42 Å². The number of aryl methyl sites for hydroxylation is 2. The van der Waals surface area contributed by atoms with E-state index in [-0.39, 0.29) is 5.91 Å². The highest BCUT2D eigenvalue weighted by Crippen LogP contribution is 2.22. The van der Waals surface area contributed by atoms with Gasteiger partial charge in [0.15, 0.2) is 0 Å². The minimum absolute atomic E-state index is 0.0780. The summed E-state index contributed by atoms with van der Waals surface area (Å²) >= 11 is 1.60. The average Bonchev–Trinajstić information content (AvgIpc) is 3.36. The summed E-state index contributed by atoms with van der Waals surface area (Å²) in [6, 6.07) is 9.42. The Morgan fingerprint density at radius 3 is 2.93 bits per heavy atom. The fourth-order valence-corrected chi connectivity index (χ4v) is 3.35. The van der Waals surface area contributed by atoms with E-state index in [0.29, 0.717) is 23.8 Å². The van der Waals surface area contributed by atoms with Gasteiger partial charge in [-0.1, -0.05) is 23.7 Å². The second-order valence-corrected chi connectivity index (χ2v) is 7.19. The number of benzene rings is 1. The topological polar surface area (TPSA) is 77.2 Å². The molecule has 142 valence electrons. The molecule has 0 radical (unpaired) electrons. The molecule has 3 rings (SSSR count). The van der Waals surface area contributed by atoms with Crippen LogP contribution in [0.3, 0.4) is 0 Å². The lowest BCUT2D eigenvalue weighted by atomic mass is 10.1. The van der Waals surface area contributed by atoms with Crippen molar-refractivity contribution in [1.29, 1.82) is 0 Å². The molecule has 0 bridgehead atoms. The molecule has 0 unspecified atom stereocenters. The first-order valence-electron chi connectivity index (χ1n) is 8.96. The van der Waals surface area contributed by atoms with Gasteiger partial charge < -0.3 is 14.6 Å². The third kappa shape index (κ3) is 5.17. The van der Waals surface area contributed by atoms with Crippen molar-refractivity contribution >= 4 is 17.2 Å². The molecule has 0 aliphatic rings. The molecule has 6 nitrogen and oxygen atoms in total. The molecular weight excluding hydrogens is 362 g/mol. The SMILES string of the molecule is COc1cc(C(=O)NCCCCCc2nc(-c3cccs3)no2)ccc1C. The average molecular weight is 385 g/mol. The van der Waals surface area contributed by atoms with Crippen molar-refractivity contribution < 1.29 is 14.1 Å². The van der Waals surface area contributed by atoms with Crippen LogP contribution in [-0.4, -0.2) is 29.7 Å². The fraction of sp³-hybridized carbons (Fsp3) is 0.350. The highest BCUT2D eigenvalue weighted by atomic mass is 32.1. The van der Waals surface area contributed by atoms with E-state index in [1.807, 2.05) is 36.6 Å². The highest BCUT2D eigenvalue weighted by Gasteiger charge is 2.10. The lowest BCUT2D eigenvalue weighted by molar-refractivity contribution is 0.0952. The highest BCUT2D eigenvalue weighted by molar-refractivity contribution is 7.13. The van der Waals surface area contributed by atoms with E-state index in [0.717, 1.165) is 41.9 Å². The Kier molecular flexibility index (Phi) is 6.59. The van der Waals surface area contributed by atoms with E-state index in [4.69, 9.17) is 9.26 Å². The van der Waals surface area contributed by atoms with Gasteiger partial charge in [0.2, 0.25) is 11.7 Å². The lowest BCUT2D eigenvalue weighted by Gasteiger charge is -2.08. The molecule has 0 saturated carbocycles. The summed E-state index contributed by atoms with van der Waals surface area (Å²) in [6.07, 6.45) is 3.58. The quantitative estimate of drug-likeness (QED) is 0.557. The predicted octanol–water partition coefficient (Wildman–Crippen LogP) is 4.26. The number of aromatic nitrogens is 2. The smallest absolute Gasteiger partial charge is 0.251 e. The van der Waals surface area contributed by atoms with Crippen molar-refractivity contribution in [2.45, 2.75) is 32.6 Å². The van der Waals surface area contributed by atoms with Gasteiger partial charge in [-0.25, -0.2) is 0 Å². The van der Waals surface area contributed by atoms with Crippen molar-refractivity contribution in [3.05, 3.63) is 52.7 Å². The predicted molar refractivity (Wildman–Crippen MR) is 105 cm³/mol. The van der Waals surface area contributed by atoms with E-state index < -0.39 is 0 Å². The number of carbonyl (C=O) groups excluding carboxylic acids is 1. The standard InChI is InChI=1S/C20H23N3O3S/c1-14-9-10-15(13-16(14)25-2)20(24)21-11-5-3-4-8-18-22-19(23-26-18)17-7-6-12-27-17/h6-7,9-10,12-13H,3-5,8,11H2,1-2H3,(H,21,24). The normalized spacial score (nSPS) is 10.7. The number of rotatable bonds is 9. The molecule has 0 saturated heterocycles. The van der Waals surface area contributed by atoms with Gasteiger partial charge >= 0.3 is 0 Å². The second-order valence-electron chi connectivity index (χ2n) is 6.24. The van der Waals surface area contributed by atoms with Crippen molar-refractivity contribution in [2.75, 3.05) is 13.7 Å². The van der Waals surface area contributed by atoms with Gasteiger partial charge in [0.25, 0.3) is 5.91 Å². The third-order valence-electron chi connectivity index (χ3n) is 4.23. The Morgan fingerprint density at radius 1 is 1.26 bits per heavy atom. The van der Waals surface area contributed by atoms with Crippen LogP contribution in [0.25, 0.3) is 10.7 Å². The fourth-order valence-electron chi connectivity index (χ4n) is 2.71. The molecule has 7 heteroatoms. The van der Waals surface area contributed by atoms with Gasteiger partial charge in [-0.05, 0) is 48.9 Å². The number of ether oxygens (including phenoxy) is 1. The van der Waals surface area contributed by atoms with Gasteiger partial charge in [0.05, 0.1) is 12.0 Å². The summed E-state index contributed by atoms with van der Waals surface area (Å²) < 4.78 is 10.5. The molecule has 2 aromatic heterocycles. The zero-order valence-corrected chi connectivity index (χ0v) is 16.3. The van der Waals surface area contributed by atoms with E-state index in [1.165, 1.54) is 0 Å². The minimum Gasteiger partial charge on any atom is -0.496 e. The Bertz CT molecular complexity index is 874. The number of unbranched alkanes of at least 4 members (excludes halogenated alkanes) is 2. The molecular formula is C20H23N3O3S. The number of hydrogen-bond donors (Lipinski definition) is 1. The molecule has 1 N–H and O–H groups in total. The van der Waals surface area contributed by atoms with Crippen LogP contribution < -0.4 is 10.1 Å². The summed E-state index contributed by atoms with van der Waals surface area (Å²) in [5.74, 6) is 1.96. The van der Waals surface area contributed by atoms with Crippen LogP contribution in [0.2, 0.25) is 0 Å². The van der Waals surface area contributed by atoms with E-state index >= 15 is 0 Å². The summed E-state index contributed by atoms with van der Waals surface area (Å²) in [6.45, 7) is 2.59. The largest absolute Gasteiger partial charge is 0.496 e. The van der Waals surface area contributed by atoms with Gasteiger partial charge in [-0.3, -0.25) is 4.79 Å². The van der Waals surface area contributed by atoms with Crippen molar-refractivity contribution in [1.82, 2.24) is 15.5 Å². The minimum atomic E-state index is -0.0780. The number of amides is 1. The van der Waals surface area contributed by atoms with Crippen LogP contribution >= 0.6 is 11.3 Å². The maximum absolute atomic E-state index is 12.2. The second kappa shape index (κ2) is 9.32. The number of nitrogens with one attached hydrogen (secondary N) is 1. The molecule has 0 aliphatic heterocycles. The number of carbonyl (C=O) groups is 1. The zero-order valence-electron chi connectivity index (χ0n) is 15.5. The molecule has 0 aliphatic carbocycles. The Hall–Kier alpha value is -2.67. The number of methoxy groups -OCH3 is 1. The van der Waals surface area contributed by atoms with Crippen LogP contribution in [0.15, 0.2) is 40.2 Å². The number of nitrogens with zero attached hydrogens (tertiary/aromatic N) is 2. The van der Waals surface area contributed by atoms with E-state index in [9.17, 15) is 4.79 Å². The molecule has 3 aromatic rings. The third-order valence-corrected chi connectivity index (χ3v) is 5.10. The molecule has 0 spiro atoms. The van der Waals surface area contributed by atoms with Crippen LogP contribution in [0.5, 0.6) is 5.75 Å². The molecule has 2 heterocycles. The van der Waals surface area contributed by atoms with Gasteiger partial charge in [0, 0.05) is 18.5 Å². The first kappa shape index (κ1) is 19.1. The first-order valence-corrected chi connectivity index (χ1v) is 9.84. The number of hydrogen-bond acceptors (Lipinski definition) is 6. The summed E-state index contributed by atoms with van der Waals surface area (Å²) in [5.41, 5.74) is 1.63. The first-order chi connectivity index (χ1) is 13.2. The van der Waals surface area contributed by atoms with Crippen LogP contribution in [0.4, 0.5) is 0 Å². The monoisotopic (exact) mass is 385 g/mol. The molecule has 0 fully saturated rings. The van der Waals surface area contributed by atoms with E-state index in [1.54, 1.807) is 24.5 Å². The Morgan fingerprint density at radius 2 is 2.15 bits per heavy atom. The Balaban J connectivity index is 1.35. The molecule has 1 aromatic carbocycles. The lowest BCUT2D eigenvalue weighted by Crippen LogP contribution is -2.24. The van der Waals surface area contributed by atoms with Crippen LogP contribution in [0, 0.1) is 6.92 Å². The van der Waals surface area contributed by atoms with Crippen molar-refractivity contribution in [2.24, 2.45) is 0 Å². The van der Waals surface area contributed by atoms with Gasteiger partial charge in [-0.15, -0.1) is 11.3 Å². The zero-order chi connectivity index (χ0) is 19.1. The molecule has 0 atom stereocenters. The van der Waals surface area contributed by atoms with Crippen molar-refractivity contribution in [3.63, 3.8) is 0 Å². The summed E-state index contributed by atoms with van der Waals surface area (Å²) in [7, 11) is 1.61. The molecule has 1 amide bonds.